The van der Waals surface area contributed by atoms with Crippen molar-refractivity contribution >= 4 is 5.69 Å². The maximum absolute atomic E-state index is 10.8. The number of morpholine rings is 1. The largest absolute Gasteiger partial charge is 0.379 e. The van der Waals surface area contributed by atoms with Gasteiger partial charge in [-0.3, -0.25) is 15.0 Å². The minimum atomic E-state index is -0.421. The van der Waals surface area contributed by atoms with Crippen LogP contribution in [0.1, 0.15) is 6.92 Å². The highest BCUT2D eigenvalue weighted by Crippen LogP contribution is 2.20. The standard InChI is InChI=1S/C14H17N5O3/c1-11-8-22-6-5-17(11)10-18-9-15-14(16-18)12-3-2-4-13(7-12)19(20)21/h2-4,7,9,11H,5-6,8,10H2,1H3. The molecule has 8 heteroatoms. The monoisotopic (exact) mass is 303 g/mol. The average molecular weight is 303 g/mol. The fourth-order valence-electron chi connectivity index (χ4n) is 2.41. The first kappa shape index (κ1) is 14.6. The zero-order valence-corrected chi connectivity index (χ0v) is 12.3. The molecule has 0 spiro atoms. The van der Waals surface area contributed by atoms with E-state index in [4.69, 9.17) is 4.74 Å². The van der Waals surface area contributed by atoms with Crippen molar-refractivity contribution in [3.05, 3.63) is 40.7 Å². The number of hydrogen-bond acceptors (Lipinski definition) is 6. The molecule has 1 aliphatic rings. The number of non-ortho nitro benzene ring substituents is 1. The zero-order valence-electron chi connectivity index (χ0n) is 12.3. The summed E-state index contributed by atoms with van der Waals surface area (Å²) in [5, 5.41) is 15.2. The van der Waals surface area contributed by atoms with Gasteiger partial charge in [0, 0.05) is 30.3 Å². The molecule has 0 amide bonds. The molecule has 0 radical (unpaired) electrons. The van der Waals surface area contributed by atoms with E-state index in [0.29, 0.717) is 30.7 Å². The molecule has 1 fully saturated rings. The molecule has 22 heavy (non-hydrogen) atoms. The summed E-state index contributed by atoms with van der Waals surface area (Å²) in [6.07, 6.45) is 1.65. The van der Waals surface area contributed by atoms with Crippen LogP contribution in [0, 0.1) is 10.1 Å². The number of nitro benzene ring substituents is 1. The molecule has 2 aromatic rings. The third kappa shape index (κ3) is 3.12. The Bertz CT molecular complexity index is 672. The average Bonchev–Trinajstić information content (AvgIpc) is 2.98. The van der Waals surface area contributed by atoms with Gasteiger partial charge in [-0.1, -0.05) is 12.1 Å². The molecule has 1 aliphatic heterocycles. The van der Waals surface area contributed by atoms with Crippen LogP contribution in [0.5, 0.6) is 0 Å². The molecule has 8 nitrogen and oxygen atoms in total. The lowest BCUT2D eigenvalue weighted by Gasteiger charge is -2.32. The van der Waals surface area contributed by atoms with Crippen LogP contribution in [-0.2, 0) is 11.4 Å². The van der Waals surface area contributed by atoms with Crippen molar-refractivity contribution in [3.63, 3.8) is 0 Å². The smallest absolute Gasteiger partial charge is 0.270 e. The summed E-state index contributed by atoms with van der Waals surface area (Å²) in [4.78, 5) is 16.9. The fourth-order valence-corrected chi connectivity index (χ4v) is 2.41. The quantitative estimate of drug-likeness (QED) is 0.629. The molecule has 3 rings (SSSR count). The highest BCUT2D eigenvalue weighted by Gasteiger charge is 2.19. The van der Waals surface area contributed by atoms with Crippen molar-refractivity contribution in [2.45, 2.75) is 19.6 Å². The van der Waals surface area contributed by atoms with Crippen LogP contribution >= 0.6 is 0 Å². The molecule has 1 aromatic heterocycles. The number of aromatic nitrogens is 3. The van der Waals surface area contributed by atoms with Crippen molar-refractivity contribution < 1.29 is 9.66 Å². The molecule has 0 saturated carbocycles. The van der Waals surface area contributed by atoms with E-state index in [1.165, 1.54) is 12.1 Å². The summed E-state index contributed by atoms with van der Waals surface area (Å²) >= 11 is 0. The molecule has 1 unspecified atom stereocenters. The van der Waals surface area contributed by atoms with Gasteiger partial charge < -0.3 is 4.74 Å². The highest BCUT2D eigenvalue weighted by molar-refractivity contribution is 5.58. The van der Waals surface area contributed by atoms with Gasteiger partial charge >= 0.3 is 0 Å². The highest BCUT2D eigenvalue weighted by atomic mass is 16.6. The second-order valence-corrected chi connectivity index (χ2v) is 5.29. The van der Waals surface area contributed by atoms with Gasteiger partial charge in [0.25, 0.3) is 5.69 Å². The van der Waals surface area contributed by atoms with E-state index < -0.39 is 4.92 Å². The summed E-state index contributed by atoms with van der Waals surface area (Å²) in [6, 6.07) is 6.68. The first-order valence-electron chi connectivity index (χ1n) is 7.09. The van der Waals surface area contributed by atoms with E-state index in [9.17, 15) is 10.1 Å². The van der Waals surface area contributed by atoms with Crippen molar-refractivity contribution in [1.82, 2.24) is 19.7 Å². The van der Waals surface area contributed by atoms with Crippen LogP contribution in [0.4, 0.5) is 5.69 Å². The van der Waals surface area contributed by atoms with Gasteiger partial charge in [0.05, 0.1) is 24.8 Å². The maximum Gasteiger partial charge on any atom is 0.270 e. The van der Waals surface area contributed by atoms with Crippen molar-refractivity contribution in [2.24, 2.45) is 0 Å². The summed E-state index contributed by atoms with van der Waals surface area (Å²) in [6.45, 7) is 5.03. The third-order valence-corrected chi connectivity index (χ3v) is 3.68. The van der Waals surface area contributed by atoms with E-state index in [-0.39, 0.29) is 5.69 Å². The normalized spacial score (nSPS) is 19.2. The van der Waals surface area contributed by atoms with Crippen LogP contribution in [0.3, 0.4) is 0 Å². The van der Waals surface area contributed by atoms with Crippen LogP contribution in [0.2, 0.25) is 0 Å². The minimum absolute atomic E-state index is 0.0376. The van der Waals surface area contributed by atoms with Crippen LogP contribution < -0.4 is 0 Å². The summed E-state index contributed by atoms with van der Waals surface area (Å²) in [7, 11) is 0. The molecule has 0 aliphatic carbocycles. The van der Waals surface area contributed by atoms with Crippen LogP contribution in [0.25, 0.3) is 11.4 Å². The molecule has 1 atom stereocenters. The summed E-state index contributed by atoms with van der Waals surface area (Å²) in [5.41, 5.74) is 0.679. The Morgan fingerprint density at radius 3 is 3.14 bits per heavy atom. The van der Waals surface area contributed by atoms with Gasteiger partial charge in [0.1, 0.15) is 6.33 Å². The Balaban J connectivity index is 1.76. The topological polar surface area (TPSA) is 86.3 Å². The second-order valence-electron chi connectivity index (χ2n) is 5.29. The number of nitrogens with zero attached hydrogens (tertiary/aromatic N) is 5. The van der Waals surface area contributed by atoms with Gasteiger partial charge in [-0.2, -0.15) is 0 Å². The second kappa shape index (κ2) is 6.20. The van der Waals surface area contributed by atoms with E-state index in [1.54, 1.807) is 23.1 Å². The molecule has 1 aromatic carbocycles. The molecular formula is C14H17N5O3. The Hall–Kier alpha value is -2.32. The first-order valence-corrected chi connectivity index (χ1v) is 7.09. The predicted octanol–water partition coefficient (Wildman–Crippen LogP) is 1.53. The van der Waals surface area contributed by atoms with Gasteiger partial charge in [-0.15, -0.1) is 5.10 Å². The molecule has 1 saturated heterocycles. The van der Waals surface area contributed by atoms with E-state index in [2.05, 4.69) is 21.9 Å². The number of hydrogen-bond donors (Lipinski definition) is 0. The van der Waals surface area contributed by atoms with Crippen molar-refractivity contribution in [3.8, 4) is 11.4 Å². The van der Waals surface area contributed by atoms with Gasteiger partial charge in [-0.05, 0) is 6.92 Å². The number of nitro groups is 1. The zero-order chi connectivity index (χ0) is 15.5. The molecular weight excluding hydrogens is 286 g/mol. The van der Waals surface area contributed by atoms with E-state index >= 15 is 0 Å². The Morgan fingerprint density at radius 1 is 1.50 bits per heavy atom. The first-order chi connectivity index (χ1) is 10.6. The van der Waals surface area contributed by atoms with Gasteiger partial charge in [-0.25, -0.2) is 9.67 Å². The summed E-state index contributed by atoms with van der Waals surface area (Å²) < 4.78 is 7.16. The third-order valence-electron chi connectivity index (χ3n) is 3.68. The predicted molar refractivity (Wildman–Crippen MR) is 79.1 cm³/mol. The number of rotatable bonds is 4. The fraction of sp³-hybridized carbons (Fsp3) is 0.429. The summed E-state index contributed by atoms with van der Waals surface area (Å²) in [5.74, 6) is 0.490. The lowest BCUT2D eigenvalue weighted by atomic mass is 10.2. The number of ether oxygens (including phenoxy) is 1. The van der Waals surface area contributed by atoms with E-state index in [1.807, 2.05) is 0 Å². The lowest BCUT2D eigenvalue weighted by molar-refractivity contribution is -0.384. The van der Waals surface area contributed by atoms with Gasteiger partial charge in [0.2, 0.25) is 0 Å². The molecule has 116 valence electrons. The Morgan fingerprint density at radius 2 is 2.36 bits per heavy atom. The molecule has 0 N–H and O–H groups in total. The minimum Gasteiger partial charge on any atom is -0.379 e. The maximum atomic E-state index is 10.8. The molecule has 2 heterocycles. The number of benzene rings is 1. The van der Waals surface area contributed by atoms with Crippen LogP contribution in [0.15, 0.2) is 30.6 Å². The van der Waals surface area contributed by atoms with Crippen molar-refractivity contribution in [1.29, 1.82) is 0 Å². The van der Waals surface area contributed by atoms with Crippen LogP contribution in [-0.4, -0.2) is 50.4 Å². The van der Waals surface area contributed by atoms with E-state index in [0.717, 1.165) is 13.2 Å². The van der Waals surface area contributed by atoms with Crippen molar-refractivity contribution in [2.75, 3.05) is 19.8 Å². The lowest BCUT2D eigenvalue weighted by Crippen LogP contribution is -2.44. The Labute approximate surface area is 127 Å². The SMILES string of the molecule is CC1COCCN1Cn1cnc(-c2cccc([N+](=O)[O-])c2)n1. The Kier molecular flexibility index (Phi) is 4.12. The molecule has 0 bridgehead atoms. The van der Waals surface area contributed by atoms with Gasteiger partial charge in [0.15, 0.2) is 5.82 Å².